The Morgan fingerprint density at radius 3 is 2.48 bits per heavy atom. The van der Waals surface area contributed by atoms with Gasteiger partial charge in [-0.25, -0.2) is 0 Å². The van der Waals surface area contributed by atoms with E-state index in [4.69, 9.17) is 15.2 Å². The molecule has 1 fully saturated rings. The molecule has 0 spiro atoms. The number of hydrogen-bond donors (Lipinski definition) is 2. The van der Waals surface area contributed by atoms with Crippen LogP contribution in [-0.4, -0.2) is 50.1 Å². The summed E-state index contributed by atoms with van der Waals surface area (Å²) >= 11 is 0. The minimum absolute atomic E-state index is 0.0538. The monoisotopic (exact) mass is 321 g/mol. The van der Waals surface area contributed by atoms with Crippen molar-refractivity contribution in [2.45, 2.75) is 25.3 Å². The minimum atomic E-state index is -0.333. The molecule has 1 atom stereocenters. The smallest absolute Gasteiger partial charge is 0.238 e. The number of nitrogens with two attached hydrogens (primary N) is 1. The first kappa shape index (κ1) is 17.1. The zero-order chi connectivity index (χ0) is 16.8. The van der Waals surface area contributed by atoms with E-state index in [1.54, 1.807) is 32.4 Å². The van der Waals surface area contributed by atoms with Gasteiger partial charge in [-0.05, 0) is 19.4 Å². The van der Waals surface area contributed by atoms with Crippen LogP contribution in [0.2, 0.25) is 0 Å². The summed E-state index contributed by atoms with van der Waals surface area (Å²) in [7, 11) is 3.11. The third-order valence-corrected chi connectivity index (χ3v) is 3.92. The van der Waals surface area contributed by atoms with E-state index in [-0.39, 0.29) is 24.4 Å². The number of ether oxygens (including phenoxy) is 2. The van der Waals surface area contributed by atoms with Gasteiger partial charge in [0, 0.05) is 36.3 Å². The van der Waals surface area contributed by atoms with Gasteiger partial charge in [0.1, 0.15) is 11.5 Å². The molecule has 3 N–H and O–H groups in total. The molecule has 2 amide bonds. The van der Waals surface area contributed by atoms with E-state index in [0.717, 1.165) is 19.4 Å². The number of nitrogens with one attached hydrogen (secondary N) is 1. The predicted molar refractivity (Wildman–Crippen MR) is 86.6 cm³/mol. The molecule has 7 nitrogen and oxygen atoms in total. The molecule has 7 heteroatoms. The van der Waals surface area contributed by atoms with Gasteiger partial charge in [-0.3, -0.25) is 14.5 Å². The Balaban J connectivity index is 1.97. The number of methoxy groups -OCH3 is 2. The van der Waals surface area contributed by atoms with E-state index < -0.39 is 0 Å². The van der Waals surface area contributed by atoms with Crippen molar-refractivity contribution in [1.82, 2.24) is 4.90 Å². The number of likely N-dealkylation sites (tertiary alicyclic amines) is 1. The summed E-state index contributed by atoms with van der Waals surface area (Å²) in [4.78, 5) is 25.3. The lowest BCUT2D eigenvalue weighted by Gasteiger charge is -2.22. The molecule has 1 aromatic rings. The molecule has 1 aromatic carbocycles. The molecule has 1 aliphatic rings. The van der Waals surface area contributed by atoms with Crippen molar-refractivity contribution in [3.8, 4) is 11.5 Å². The summed E-state index contributed by atoms with van der Waals surface area (Å²) in [5.41, 5.74) is 5.87. The first-order valence-electron chi connectivity index (χ1n) is 7.57. The number of carbonyl (C=O) groups excluding carboxylic acids is 2. The summed E-state index contributed by atoms with van der Waals surface area (Å²) in [6.07, 6.45) is 2.15. The number of hydrogen-bond acceptors (Lipinski definition) is 5. The number of anilines is 1. The summed E-state index contributed by atoms with van der Waals surface area (Å²) in [6, 6.07) is 5.24. The first-order chi connectivity index (χ1) is 11.0. The zero-order valence-corrected chi connectivity index (χ0v) is 13.5. The maximum Gasteiger partial charge on any atom is 0.238 e. The molecular formula is C16H23N3O4. The van der Waals surface area contributed by atoms with Gasteiger partial charge in [0.05, 0.1) is 20.8 Å². The van der Waals surface area contributed by atoms with Gasteiger partial charge >= 0.3 is 0 Å². The van der Waals surface area contributed by atoms with E-state index >= 15 is 0 Å². The zero-order valence-electron chi connectivity index (χ0n) is 13.5. The number of rotatable bonds is 7. The summed E-state index contributed by atoms with van der Waals surface area (Å²) in [5, 5.41) is 2.84. The van der Waals surface area contributed by atoms with Crippen LogP contribution in [-0.2, 0) is 9.59 Å². The van der Waals surface area contributed by atoms with Gasteiger partial charge in [0.25, 0.3) is 0 Å². The molecule has 1 aliphatic heterocycles. The second-order valence-corrected chi connectivity index (χ2v) is 5.59. The quantitative estimate of drug-likeness (QED) is 0.781. The lowest BCUT2D eigenvalue weighted by Crippen LogP contribution is -2.38. The fraction of sp³-hybridized carbons (Fsp3) is 0.500. The third-order valence-electron chi connectivity index (χ3n) is 3.92. The first-order valence-corrected chi connectivity index (χ1v) is 7.57. The molecule has 0 aromatic heterocycles. The lowest BCUT2D eigenvalue weighted by atomic mass is 10.1. The molecule has 0 radical (unpaired) electrons. The molecule has 0 bridgehead atoms. The van der Waals surface area contributed by atoms with E-state index in [1.165, 1.54) is 0 Å². The molecule has 1 saturated heterocycles. The highest BCUT2D eigenvalue weighted by Gasteiger charge is 2.27. The van der Waals surface area contributed by atoms with Crippen LogP contribution in [0.5, 0.6) is 11.5 Å². The molecule has 0 saturated carbocycles. The summed E-state index contributed by atoms with van der Waals surface area (Å²) < 4.78 is 10.4. The van der Waals surface area contributed by atoms with Crippen molar-refractivity contribution in [1.29, 1.82) is 0 Å². The van der Waals surface area contributed by atoms with E-state index in [0.29, 0.717) is 23.6 Å². The highest BCUT2D eigenvalue weighted by molar-refractivity contribution is 5.92. The summed E-state index contributed by atoms with van der Waals surface area (Å²) in [6.45, 7) is 1.03. The van der Waals surface area contributed by atoms with Crippen molar-refractivity contribution in [3.05, 3.63) is 18.2 Å². The number of primary amides is 1. The van der Waals surface area contributed by atoms with Gasteiger partial charge in [-0.2, -0.15) is 0 Å². The maximum absolute atomic E-state index is 12.2. The number of nitrogens with zero attached hydrogens (tertiary/aromatic N) is 1. The largest absolute Gasteiger partial charge is 0.497 e. The third kappa shape index (κ3) is 4.85. The fourth-order valence-corrected chi connectivity index (χ4v) is 2.83. The van der Waals surface area contributed by atoms with Crippen LogP contribution in [0.1, 0.15) is 19.3 Å². The van der Waals surface area contributed by atoms with Crippen molar-refractivity contribution in [3.63, 3.8) is 0 Å². The predicted octanol–water partition coefficient (Wildman–Crippen LogP) is 0.982. The molecule has 2 rings (SSSR count). The topological polar surface area (TPSA) is 93.9 Å². The Hall–Kier alpha value is -2.28. The second kappa shape index (κ2) is 7.82. The van der Waals surface area contributed by atoms with Crippen molar-refractivity contribution >= 4 is 17.5 Å². The Bertz CT molecular complexity index is 554. The van der Waals surface area contributed by atoms with Crippen LogP contribution in [0, 0.1) is 0 Å². The SMILES string of the molecule is COc1cc(NC(=O)CN2CCC[C@@H]2CC(N)=O)cc(OC)c1. The average Bonchev–Trinajstić information content (AvgIpc) is 2.92. The highest BCUT2D eigenvalue weighted by Crippen LogP contribution is 2.26. The Morgan fingerprint density at radius 1 is 1.26 bits per heavy atom. The van der Waals surface area contributed by atoms with Gasteiger partial charge in [0.2, 0.25) is 11.8 Å². The standard InChI is InChI=1S/C16H23N3O4/c1-22-13-6-11(7-14(9-13)23-2)18-16(21)10-19-5-3-4-12(19)8-15(17)20/h6-7,9,12H,3-5,8,10H2,1-2H3,(H2,17,20)(H,18,21)/t12-/m1/s1. The van der Waals surface area contributed by atoms with E-state index in [1.807, 2.05) is 4.90 Å². The van der Waals surface area contributed by atoms with Gasteiger partial charge in [-0.15, -0.1) is 0 Å². The van der Waals surface area contributed by atoms with Gasteiger partial charge < -0.3 is 20.5 Å². The van der Waals surface area contributed by atoms with Crippen LogP contribution >= 0.6 is 0 Å². The Labute approximate surface area is 135 Å². The van der Waals surface area contributed by atoms with Gasteiger partial charge in [0.15, 0.2) is 0 Å². The maximum atomic E-state index is 12.2. The normalized spacial score (nSPS) is 17.7. The molecule has 0 aliphatic carbocycles. The van der Waals surface area contributed by atoms with Crippen LogP contribution in [0.25, 0.3) is 0 Å². The number of amides is 2. The molecule has 23 heavy (non-hydrogen) atoms. The Morgan fingerprint density at radius 2 is 1.91 bits per heavy atom. The van der Waals surface area contributed by atoms with Gasteiger partial charge in [-0.1, -0.05) is 0 Å². The van der Waals surface area contributed by atoms with Crippen molar-refractivity contribution in [2.24, 2.45) is 5.73 Å². The second-order valence-electron chi connectivity index (χ2n) is 5.59. The van der Waals surface area contributed by atoms with E-state index in [9.17, 15) is 9.59 Å². The molecule has 126 valence electrons. The molecule has 1 heterocycles. The number of benzene rings is 1. The lowest BCUT2D eigenvalue weighted by molar-refractivity contribution is -0.121. The molecule has 0 unspecified atom stereocenters. The number of carbonyl (C=O) groups is 2. The fourth-order valence-electron chi connectivity index (χ4n) is 2.83. The van der Waals surface area contributed by atoms with Crippen molar-refractivity contribution in [2.75, 3.05) is 32.6 Å². The van der Waals surface area contributed by atoms with Crippen molar-refractivity contribution < 1.29 is 19.1 Å². The Kier molecular flexibility index (Phi) is 5.81. The average molecular weight is 321 g/mol. The van der Waals surface area contributed by atoms with Crippen LogP contribution in [0.4, 0.5) is 5.69 Å². The van der Waals surface area contributed by atoms with Crippen LogP contribution in [0.15, 0.2) is 18.2 Å². The highest BCUT2D eigenvalue weighted by atomic mass is 16.5. The summed E-state index contributed by atoms with van der Waals surface area (Å²) in [5.74, 6) is 0.733. The minimum Gasteiger partial charge on any atom is -0.497 e. The molecular weight excluding hydrogens is 298 g/mol. The van der Waals surface area contributed by atoms with Crippen LogP contribution in [0.3, 0.4) is 0 Å². The van der Waals surface area contributed by atoms with Crippen LogP contribution < -0.4 is 20.5 Å². The van der Waals surface area contributed by atoms with E-state index in [2.05, 4.69) is 5.32 Å².